The van der Waals surface area contributed by atoms with Crippen LogP contribution in [-0.2, 0) is 13.5 Å². The molecule has 1 aliphatic rings. The number of rotatable bonds is 4. The van der Waals surface area contributed by atoms with E-state index in [1.807, 2.05) is 26.0 Å². The molecule has 0 saturated carbocycles. The monoisotopic (exact) mass is 456 g/mol. The molecule has 4 rings (SSSR count). The Labute approximate surface area is 190 Å². The lowest BCUT2D eigenvalue weighted by molar-refractivity contribution is -0.232. The van der Waals surface area contributed by atoms with Crippen LogP contribution in [0.2, 0.25) is 0 Å². The van der Waals surface area contributed by atoms with Gasteiger partial charge < -0.3 is 9.67 Å². The molecule has 7 heteroatoms. The molecule has 0 amide bonds. The minimum Gasteiger partial charge on any atom is -0.376 e. The highest BCUT2D eigenvalue weighted by Crippen LogP contribution is 2.43. The molecule has 1 aromatic heterocycles. The molecule has 2 unspecified atom stereocenters. The number of aryl methyl sites for hydroxylation is 3. The Hall–Kier alpha value is -2.93. The molecule has 1 heterocycles. The summed E-state index contributed by atoms with van der Waals surface area (Å²) in [4.78, 5) is 16.4. The maximum absolute atomic E-state index is 14.1. The summed E-state index contributed by atoms with van der Waals surface area (Å²) in [6.45, 7) is 3.91. The Morgan fingerprint density at radius 3 is 2.67 bits per heavy atom. The largest absolute Gasteiger partial charge is 0.422 e. The lowest BCUT2D eigenvalue weighted by Gasteiger charge is -2.34. The number of benzene rings is 2. The van der Waals surface area contributed by atoms with Gasteiger partial charge in [0.05, 0.1) is 5.69 Å². The maximum Gasteiger partial charge on any atom is 0.422 e. The zero-order chi connectivity index (χ0) is 24.0. The van der Waals surface area contributed by atoms with Crippen LogP contribution in [0.1, 0.15) is 47.4 Å². The van der Waals surface area contributed by atoms with E-state index in [0.717, 1.165) is 35.1 Å². The summed E-state index contributed by atoms with van der Waals surface area (Å²) < 4.78 is 43.8. The number of alkyl halides is 3. The highest BCUT2D eigenvalue weighted by atomic mass is 19.4. The number of fused-ring (bicyclic) bond motifs is 2. The third kappa shape index (κ3) is 4.34. The molecule has 0 saturated heterocycles. The second-order valence-corrected chi connectivity index (χ2v) is 9.09. The van der Waals surface area contributed by atoms with Crippen molar-refractivity contribution in [1.29, 1.82) is 0 Å². The van der Waals surface area contributed by atoms with Gasteiger partial charge in [-0.15, -0.1) is 0 Å². The molecule has 2 aromatic carbocycles. The van der Waals surface area contributed by atoms with Crippen molar-refractivity contribution >= 4 is 22.7 Å². The van der Waals surface area contributed by atoms with Crippen molar-refractivity contribution in [2.75, 3.05) is 0 Å². The number of halogens is 3. The van der Waals surface area contributed by atoms with Gasteiger partial charge in [0.15, 0.2) is 5.60 Å². The summed E-state index contributed by atoms with van der Waals surface area (Å²) in [7, 11) is 1.60. The molecule has 0 spiro atoms. The van der Waals surface area contributed by atoms with Crippen molar-refractivity contribution in [3.63, 3.8) is 0 Å². The average Bonchev–Trinajstić information content (AvgIpc) is 2.74. The number of aliphatic imine (C=N–C) groups is 1. The summed E-state index contributed by atoms with van der Waals surface area (Å²) in [5, 5.41) is 11.7. The molecule has 4 nitrogen and oxygen atoms in total. The lowest BCUT2D eigenvalue weighted by Crippen LogP contribution is -2.48. The van der Waals surface area contributed by atoms with Crippen molar-refractivity contribution in [3.8, 4) is 0 Å². The van der Waals surface area contributed by atoms with Crippen molar-refractivity contribution in [2.24, 2.45) is 12.0 Å². The molecule has 0 radical (unpaired) electrons. The topological polar surface area (TPSA) is 54.6 Å². The van der Waals surface area contributed by atoms with E-state index in [-0.39, 0.29) is 11.2 Å². The molecule has 0 fully saturated rings. The number of aliphatic hydroxyl groups is 1. The Kier molecular flexibility index (Phi) is 5.95. The molecular formula is C26H27F3N2O2. The molecule has 0 bridgehead atoms. The van der Waals surface area contributed by atoms with Gasteiger partial charge in [0.25, 0.3) is 5.56 Å². The van der Waals surface area contributed by atoms with Gasteiger partial charge in [-0.2, -0.15) is 13.2 Å². The minimum absolute atomic E-state index is 0.212. The van der Waals surface area contributed by atoms with Crippen LogP contribution in [-0.4, -0.2) is 27.7 Å². The predicted octanol–water partition coefficient (Wildman–Crippen LogP) is 5.66. The van der Waals surface area contributed by atoms with Crippen molar-refractivity contribution in [3.05, 3.63) is 75.2 Å². The second kappa shape index (κ2) is 8.45. The predicted molar refractivity (Wildman–Crippen MR) is 125 cm³/mol. The van der Waals surface area contributed by atoms with Crippen LogP contribution in [0.25, 0.3) is 10.8 Å². The Balaban J connectivity index is 1.74. The van der Waals surface area contributed by atoms with Gasteiger partial charge in [-0.1, -0.05) is 23.8 Å². The first-order valence-corrected chi connectivity index (χ1v) is 11.0. The third-order valence-electron chi connectivity index (χ3n) is 6.64. The summed E-state index contributed by atoms with van der Waals surface area (Å²) in [6.07, 6.45) is -1.05. The second-order valence-electron chi connectivity index (χ2n) is 9.09. The number of aromatic nitrogens is 1. The molecule has 2 atom stereocenters. The third-order valence-corrected chi connectivity index (χ3v) is 6.64. The fourth-order valence-electron chi connectivity index (χ4n) is 4.89. The normalized spacial score (nSPS) is 18.5. The molecular weight excluding hydrogens is 429 g/mol. The van der Waals surface area contributed by atoms with E-state index < -0.39 is 24.1 Å². The summed E-state index contributed by atoms with van der Waals surface area (Å²) in [5.41, 5.74) is 0.915. The van der Waals surface area contributed by atoms with Gasteiger partial charge in [-0.3, -0.25) is 9.79 Å². The smallest absolute Gasteiger partial charge is 0.376 e. The van der Waals surface area contributed by atoms with E-state index in [0.29, 0.717) is 23.4 Å². The van der Waals surface area contributed by atoms with Crippen molar-refractivity contribution in [2.45, 2.75) is 57.2 Å². The quantitative estimate of drug-likeness (QED) is 0.515. The summed E-state index contributed by atoms with van der Waals surface area (Å²) >= 11 is 0. The van der Waals surface area contributed by atoms with E-state index in [1.54, 1.807) is 31.4 Å². The number of hydrogen-bond acceptors (Lipinski definition) is 3. The molecule has 33 heavy (non-hydrogen) atoms. The van der Waals surface area contributed by atoms with E-state index in [9.17, 15) is 23.1 Å². The van der Waals surface area contributed by atoms with Gasteiger partial charge in [-0.05, 0) is 80.3 Å². The average molecular weight is 457 g/mol. The number of pyridine rings is 1. The molecule has 1 aliphatic carbocycles. The van der Waals surface area contributed by atoms with E-state index >= 15 is 0 Å². The van der Waals surface area contributed by atoms with Crippen LogP contribution in [0.3, 0.4) is 0 Å². The van der Waals surface area contributed by atoms with E-state index in [2.05, 4.69) is 4.99 Å². The fraction of sp³-hybridized carbons (Fsp3) is 0.385. The highest BCUT2D eigenvalue weighted by molar-refractivity contribution is 5.93. The van der Waals surface area contributed by atoms with Gasteiger partial charge in [0.1, 0.15) is 0 Å². The Bertz CT molecular complexity index is 1290. The van der Waals surface area contributed by atoms with Crippen LogP contribution >= 0.6 is 0 Å². The van der Waals surface area contributed by atoms with E-state index in [1.165, 1.54) is 10.6 Å². The molecule has 3 aromatic rings. The highest BCUT2D eigenvalue weighted by Gasteiger charge is 2.54. The Morgan fingerprint density at radius 1 is 1.18 bits per heavy atom. The number of hydrogen-bond donors (Lipinski definition) is 1. The summed E-state index contributed by atoms with van der Waals surface area (Å²) in [5.74, 6) is -0.426. The van der Waals surface area contributed by atoms with Crippen molar-refractivity contribution in [1.82, 2.24) is 4.57 Å². The van der Waals surface area contributed by atoms with Gasteiger partial charge in [-0.25, -0.2) is 0 Å². The van der Waals surface area contributed by atoms with Crippen LogP contribution in [0.4, 0.5) is 18.9 Å². The van der Waals surface area contributed by atoms with Gasteiger partial charge >= 0.3 is 6.18 Å². The SMILES string of the molecule is Cc1cc(C)c2c(c1)C(CC(O)(C=Nc1cccc3c(=O)n(C)ccc13)C(F)(F)F)CCC2. The van der Waals surface area contributed by atoms with E-state index in [4.69, 9.17) is 0 Å². The molecule has 174 valence electrons. The lowest BCUT2D eigenvalue weighted by atomic mass is 9.75. The molecule has 0 aliphatic heterocycles. The zero-order valence-corrected chi connectivity index (χ0v) is 18.9. The van der Waals surface area contributed by atoms with Crippen LogP contribution in [0.5, 0.6) is 0 Å². The first kappa shape index (κ1) is 23.2. The standard InChI is InChI=1S/C26H27F3N2O2/c1-16-12-17(2)19-7-4-6-18(22(19)13-16)14-25(33,26(27,28)29)15-30-23-9-5-8-21-20(23)10-11-31(3)24(21)32/h5,8-13,15,18,33H,4,6-7,14H2,1-3H3. The van der Waals surface area contributed by atoms with Crippen LogP contribution < -0.4 is 5.56 Å². The van der Waals surface area contributed by atoms with Crippen LogP contribution in [0, 0.1) is 13.8 Å². The first-order valence-electron chi connectivity index (χ1n) is 11.0. The first-order chi connectivity index (χ1) is 15.5. The Morgan fingerprint density at radius 2 is 1.94 bits per heavy atom. The fourth-order valence-corrected chi connectivity index (χ4v) is 4.89. The van der Waals surface area contributed by atoms with Crippen LogP contribution in [0.15, 0.2) is 52.4 Å². The minimum atomic E-state index is -4.90. The zero-order valence-electron chi connectivity index (χ0n) is 18.9. The molecule has 1 N–H and O–H groups in total. The summed E-state index contributed by atoms with van der Waals surface area (Å²) in [6, 6.07) is 10.4. The maximum atomic E-state index is 14.1. The number of nitrogens with zero attached hydrogens (tertiary/aromatic N) is 2. The van der Waals surface area contributed by atoms with Gasteiger partial charge in [0.2, 0.25) is 0 Å². The van der Waals surface area contributed by atoms with Crippen molar-refractivity contribution < 1.29 is 18.3 Å². The van der Waals surface area contributed by atoms with Gasteiger partial charge in [0, 0.05) is 30.2 Å².